The Balaban J connectivity index is 1.44. The molecule has 2 amide bonds. The van der Waals surface area contributed by atoms with Gasteiger partial charge in [0.05, 0.1) is 19.8 Å². The van der Waals surface area contributed by atoms with Crippen molar-refractivity contribution in [2.75, 3.05) is 63.9 Å². The lowest BCUT2D eigenvalue weighted by molar-refractivity contribution is -0.120. The molecule has 0 aromatic heterocycles. The van der Waals surface area contributed by atoms with E-state index in [-0.39, 0.29) is 18.2 Å². The molecule has 2 aliphatic heterocycles. The second-order valence-electron chi connectivity index (χ2n) is 8.06. The predicted octanol–water partition coefficient (Wildman–Crippen LogP) is 1.33. The van der Waals surface area contributed by atoms with Crippen LogP contribution in [0, 0.1) is 5.92 Å². The maximum Gasteiger partial charge on any atom is 0.241 e. The molecule has 2 N–H and O–H groups in total. The molecule has 7 nitrogen and oxygen atoms in total. The number of nitrogens with zero attached hydrogens (tertiary/aromatic N) is 3. The number of benzene rings is 1. The van der Waals surface area contributed by atoms with Gasteiger partial charge in [0.2, 0.25) is 11.8 Å². The van der Waals surface area contributed by atoms with Gasteiger partial charge < -0.3 is 15.4 Å². The summed E-state index contributed by atoms with van der Waals surface area (Å²) in [5.74, 6) is 0.383. The summed E-state index contributed by atoms with van der Waals surface area (Å²) < 4.78 is 5.41. The summed E-state index contributed by atoms with van der Waals surface area (Å²) in [6.07, 6.45) is 3.69. The van der Waals surface area contributed by atoms with Crippen molar-refractivity contribution < 1.29 is 14.3 Å². The van der Waals surface area contributed by atoms with Gasteiger partial charge in [-0.05, 0) is 56.9 Å². The van der Waals surface area contributed by atoms with E-state index in [0.717, 1.165) is 70.4 Å². The van der Waals surface area contributed by atoms with E-state index in [0.29, 0.717) is 13.1 Å². The van der Waals surface area contributed by atoms with Crippen LogP contribution in [0.4, 0.5) is 5.69 Å². The van der Waals surface area contributed by atoms with Crippen LogP contribution in [0.25, 0.3) is 0 Å². The fourth-order valence-corrected chi connectivity index (χ4v) is 4.13. The Morgan fingerprint density at radius 3 is 2.38 bits per heavy atom. The van der Waals surface area contributed by atoms with Gasteiger partial charge in [-0.2, -0.15) is 0 Å². The van der Waals surface area contributed by atoms with Crippen molar-refractivity contribution in [1.82, 2.24) is 9.80 Å². The number of carbonyl (C=O) groups excluding carboxylic acids is 2. The highest BCUT2D eigenvalue weighted by atomic mass is 16.5. The van der Waals surface area contributed by atoms with Crippen molar-refractivity contribution in [2.24, 2.45) is 11.7 Å². The lowest BCUT2D eigenvalue weighted by Gasteiger charge is -2.34. The second-order valence-corrected chi connectivity index (χ2v) is 8.06. The van der Waals surface area contributed by atoms with Gasteiger partial charge >= 0.3 is 0 Å². The van der Waals surface area contributed by atoms with Crippen LogP contribution in [-0.4, -0.2) is 80.6 Å². The summed E-state index contributed by atoms with van der Waals surface area (Å²) in [6, 6.07) is 9.52. The van der Waals surface area contributed by atoms with Crippen LogP contribution in [0.5, 0.6) is 0 Å². The van der Waals surface area contributed by atoms with Crippen LogP contribution in [0.3, 0.4) is 0 Å². The molecule has 0 unspecified atom stereocenters. The van der Waals surface area contributed by atoms with Crippen molar-refractivity contribution >= 4 is 17.5 Å². The Morgan fingerprint density at radius 1 is 1.03 bits per heavy atom. The first-order chi connectivity index (χ1) is 14.1. The van der Waals surface area contributed by atoms with E-state index in [1.54, 1.807) is 4.90 Å². The van der Waals surface area contributed by atoms with Crippen LogP contribution < -0.4 is 10.6 Å². The number of hydrogen-bond donors (Lipinski definition) is 1. The minimum atomic E-state index is -0.389. The first kappa shape index (κ1) is 21.7. The number of hydrogen-bond acceptors (Lipinski definition) is 5. The zero-order chi connectivity index (χ0) is 20.5. The quantitative estimate of drug-likeness (QED) is 0.674. The Bertz CT molecular complexity index is 641. The third kappa shape index (κ3) is 7.10. The van der Waals surface area contributed by atoms with Gasteiger partial charge in [0.1, 0.15) is 0 Å². The topological polar surface area (TPSA) is 79.1 Å². The molecule has 2 aliphatic rings. The van der Waals surface area contributed by atoms with Gasteiger partial charge in [0.15, 0.2) is 0 Å². The van der Waals surface area contributed by atoms with E-state index in [9.17, 15) is 9.59 Å². The van der Waals surface area contributed by atoms with E-state index in [1.807, 2.05) is 30.3 Å². The number of likely N-dealkylation sites (tertiary alicyclic amines) is 1. The van der Waals surface area contributed by atoms with Crippen molar-refractivity contribution in [3.05, 3.63) is 30.3 Å². The minimum absolute atomic E-state index is 0.0317. The van der Waals surface area contributed by atoms with Gasteiger partial charge in [0.25, 0.3) is 0 Å². The van der Waals surface area contributed by atoms with Crippen molar-refractivity contribution in [3.63, 3.8) is 0 Å². The molecular formula is C22H34N4O3. The van der Waals surface area contributed by atoms with E-state index in [4.69, 9.17) is 10.5 Å². The Kier molecular flexibility index (Phi) is 8.46. The lowest BCUT2D eigenvalue weighted by atomic mass is 9.93. The zero-order valence-electron chi connectivity index (χ0n) is 17.3. The summed E-state index contributed by atoms with van der Waals surface area (Å²) in [5.41, 5.74) is 6.12. The molecule has 7 heteroatoms. The SMILES string of the molecule is NC(=O)CCN(C(=O)CN1CCC(CCN2CCOCC2)CC1)c1ccccc1. The molecule has 1 aromatic rings. The average Bonchev–Trinajstić information content (AvgIpc) is 2.75. The largest absolute Gasteiger partial charge is 0.379 e. The predicted molar refractivity (Wildman–Crippen MR) is 114 cm³/mol. The number of carbonyl (C=O) groups is 2. The summed E-state index contributed by atoms with van der Waals surface area (Å²) in [5, 5.41) is 0. The number of amides is 2. The molecule has 160 valence electrons. The monoisotopic (exact) mass is 402 g/mol. The Morgan fingerprint density at radius 2 is 1.72 bits per heavy atom. The van der Waals surface area contributed by atoms with Crippen LogP contribution in [0.2, 0.25) is 0 Å². The first-order valence-electron chi connectivity index (χ1n) is 10.8. The Labute approximate surface area is 173 Å². The van der Waals surface area contributed by atoms with Gasteiger partial charge in [-0.25, -0.2) is 0 Å². The number of anilines is 1. The molecule has 0 atom stereocenters. The number of nitrogens with two attached hydrogens (primary N) is 1. The number of piperidine rings is 1. The molecule has 2 saturated heterocycles. The normalized spacial score (nSPS) is 19.2. The van der Waals surface area contributed by atoms with Gasteiger partial charge in [0, 0.05) is 31.7 Å². The number of rotatable bonds is 9. The highest BCUT2D eigenvalue weighted by molar-refractivity contribution is 5.95. The van der Waals surface area contributed by atoms with E-state index < -0.39 is 0 Å². The molecule has 0 saturated carbocycles. The number of primary amides is 1. The minimum Gasteiger partial charge on any atom is -0.379 e. The van der Waals surface area contributed by atoms with Crippen molar-refractivity contribution in [1.29, 1.82) is 0 Å². The summed E-state index contributed by atoms with van der Waals surface area (Å²) in [4.78, 5) is 30.6. The van der Waals surface area contributed by atoms with Crippen LogP contribution in [-0.2, 0) is 14.3 Å². The molecule has 0 aliphatic carbocycles. The van der Waals surface area contributed by atoms with E-state index >= 15 is 0 Å². The van der Waals surface area contributed by atoms with Crippen LogP contribution >= 0.6 is 0 Å². The van der Waals surface area contributed by atoms with Crippen molar-refractivity contribution in [3.8, 4) is 0 Å². The van der Waals surface area contributed by atoms with Gasteiger partial charge in [-0.1, -0.05) is 18.2 Å². The molecule has 0 radical (unpaired) electrons. The average molecular weight is 403 g/mol. The van der Waals surface area contributed by atoms with Crippen LogP contribution in [0.1, 0.15) is 25.7 Å². The summed E-state index contributed by atoms with van der Waals surface area (Å²) >= 11 is 0. The highest BCUT2D eigenvalue weighted by Crippen LogP contribution is 2.22. The fourth-order valence-electron chi connectivity index (χ4n) is 4.13. The van der Waals surface area contributed by atoms with Crippen molar-refractivity contribution in [2.45, 2.75) is 25.7 Å². The van der Waals surface area contributed by atoms with Crippen LogP contribution in [0.15, 0.2) is 30.3 Å². The fraction of sp³-hybridized carbons (Fsp3) is 0.636. The molecule has 3 rings (SSSR count). The first-order valence-corrected chi connectivity index (χ1v) is 10.8. The van der Waals surface area contributed by atoms with E-state index in [1.165, 1.54) is 6.42 Å². The molecule has 2 heterocycles. The third-order valence-electron chi connectivity index (χ3n) is 5.97. The third-order valence-corrected chi connectivity index (χ3v) is 5.97. The maximum atomic E-state index is 13.0. The summed E-state index contributed by atoms with van der Waals surface area (Å²) in [6.45, 7) is 7.60. The van der Waals surface area contributed by atoms with Gasteiger partial charge in [-0.3, -0.25) is 19.4 Å². The maximum absolute atomic E-state index is 13.0. The smallest absolute Gasteiger partial charge is 0.241 e. The highest BCUT2D eigenvalue weighted by Gasteiger charge is 2.24. The number of ether oxygens (including phenoxy) is 1. The number of morpholine rings is 1. The zero-order valence-corrected chi connectivity index (χ0v) is 17.3. The standard InChI is InChI=1S/C22H34N4O3/c23-21(27)9-13-26(20-4-2-1-3-5-20)22(28)18-25-11-7-19(8-12-25)6-10-24-14-16-29-17-15-24/h1-5,19H,6-18H2,(H2,23,27). The molecule has 2 fully saturated rings. The molecular weight excluding hydrogens is 368 g/mol. The molecule has 0 bridgehead atoms. The van der Waals surface area contributed by atoms with E-state index in [2.05, 4.69) is 9.80 Å². The molecule has 1 aromatic carbocycles. The lowest BCUT2D eigenvalue weighted by Crippen LogP contribution is -2.45. The van der Waals surface area contributed by atoms with Gasteiger partial charge in [-0.15, -0.1) is 0 Å². The summed E-state index contributed by atoms with van der Waals surface area (Å²) in [7, 11) is 0. The number of para-hydroxylation sites is 1. The Hall–Kier alpha value is -1.96. The molecule has 0 spiro atoms. The molecule has 29 heavy (non-hydrogen) atoms. The second kappa shape index (κ2) is 11.3.